The van der Waals surface area contributed by atoms with E-state index in [2.05, 4.69) is 13.0 Å². The second-order valence-electron chi connectivity index (χ2n) is 5.72. The number of fused-ring (bicyclic) bond motifs is 2. The van der Waals surface area contributed by atoms with Crippen molar-refractivity contribution >= 4 is 21.9 Å². The molecule has 0 radical (unpaired) electrons. The Morgan fingerprint density at radius 1 is 0.913 bits per heavy atom. The fraction of sp³-hybridized carbons (Fsp3) is 0.150. The molecule has 2 aromatic carbocycles. The molecule has 23 heavy (non-hydrogen) atoms. The van der Waals surface area contributed by atoms with E-state index in [1.54, 1.807) is 0 Å². The zero-order valence-corrected chi connectivity index (χ0v) is 13.1. The molecule has 4 aromatic rings. The van der Waals surface area contributed by atoms with Crippen LogP contribution in [0.5, 0.6) is 0 Å². The lowest BCUT2D eigenvalue weighted by Gasteiger charge is -2.06. The Hall–Kier alpha value is -2.81. The molecule has 2 heterocycles. The maximum atomic E-state index is 12.0. The molecular weight excluding hydrogens is 288 g/mol. The van der Waals surface area contributed by atoms with Crippen LogP contribution in [-0.2, 0) is 6.42 Å². The Balaban J connectivity index is 2.10. The molecule has 3 heteroatoms. The van der Waals surface area contributed by atoms with E-state index in [1.165, 1.54) is 11.6 Å². The van der Waals surface area contributed by atoms with Crippen molar-refractivity contribution in [3.05, 3.63) is 70.1 Å². The van der Waals surface area contributed by atoms with Gasteiger partial charge >= 0.3 is 5.63 Å². The minimum atomic E-state index is -0.364. The fourth-order valence-electron chi connectivity index (χ4n) is 3.05. The smallest absolute Gasteiger partial charge is 0.336 e. The molecule has 3 nitrogen and oxygen atoms in total. The summed E-state index contributed by atoms with van der Waals surface area (Å²) in [5.41, 5.74) is 4.07. The summed E-state index contributed by atoms with van der Waals surface area (Å²) in [6.45, 7) is 4.12. The third-order valence-corrected chi connectivity index (χ3v) is 4.30. The molecule has 0 N–H and O–H groups in total. The second-order valence-corrected chi connectivity index (χ2v) is 5.72. The summed E-state index contributed by atoms with van der Waals surface area (Å²) in [5.74, 6) is 0.734. The van der Waals surface area contributed by atoms with Crippen molar-refractivity contribution in [2.45, 2.75) is 20.3 Å². The lowest BCUT2D eigenvalue weighted by atomic mass is 10.0. The van der Waals surface area contributed by atoms with Crippen LogP contribution in [0.3, 0.4) is 0 Å². The lowest BCUT2D eigenvalue weighted by molar-refractivity contribution is 0.559. The highest BCUT2D eigenvalue weighted by atomic mass is 16.4. The molecule has 0 fully saturated rings. The van der Waals surface area contributed by atoms with Gasteiger partial charge in [-0.3, -0.25) is 0 Å². The van der Waals surface area contributed by atoms with Crippen LogP contribution >= 0.6 is 0 Å². The maximum Gasteiger partial charge on any atom is 0.336 e. The molecule has 0 spiro atoms. The SMILES string of the molecule is CCc1ccc2oc(=O)cc(-c3oc4ccccc4c3C)c2c1. The Morgan fingerprint density at radius 2 is 1.70 bits per heavy atom. The predicted octanol–water partition coefficient (Wildman–Crippen LogP) is 5.08. The minimum absolute atomic E-state index is 0.364. The average Bonchev–Trinajstić information content (AvgIpc) is 2.91. The minimum Gasteiger partial charge on any atom is -0.456 e. The van der Waals surface area contributed by atoms with Gasteiger partial charge in [-0.2, -0.15) is 0 Å². The average molecular weight is 304 g/mol. The Labute approximate surface area is 133 Å². The third kappa shape index (κ3) is 2.16. The van der Waals surface area contributed by atoms with Gasteiger partial charge in [0.1, 0.15) is 16.9 Å². The molecular formula is C20H16O3. The summed E-state index contributed by atoms with van der Waals surface area (Å²) in [7, 11) is 0. The van der Waals surface area contributed by atoms with Crippen LogP contribution in [0.1, 0.15) is 18.1 Å². The monoisotopic (exact) mass is 304 g/mol. The fourth-order valence-corrected chi connectivity index (χ4v) is 3.05. The summed E-state index contributed by atoms with van der Waals surface area (Å²) in [6, 6.07) is 15.3. The van der Waals surface area contributed by atoms with E-state index >= 15 is 0 Å². The van der Waals surface area contributed by atoms with E-state index in [1.807, 2.05) is 43.3 Å². The molecule has 0 saturated heterocycles. The molecule has 0 atom stereocenters. The first-order valence-electron chi connectivity index (χ1n) is 7.72. The summed E-state index contributed by atoms with van der Waals surface area (Å²) >= 11 is 0. The Bertz CT molecular complexity index is 1080. The van der Waals surface area contributed by atoms with Crippen molar-refractivity contribution in [2.75, 3.05) is 0 Å². The lowest BCUT2D eigenvalue weighted by Crippen LogP contribution is -1.98. The van der Waals surface area contributed by atoms with Crippen molar-refractivity contribution in [2.24, 2.45) is 0 Å². The van der Waals surface area contributed by atoms with Crippen LogP contribution < -0.4 is 5.63 Å². The number of benzene rings is 2. The van der Waals surface area contributed by atoms with Gasteiger partial charge in [0.05, 0.1) is 0 Å². The molecule has 0 aliphatic rings. The number of hydrogen-bond acceptors (Lipinski definition) is 3. The largest absolute Gasteiger partial charge is 0.456 e. The van der Waals surface area contributed by atoms with E-state index in [9.17, 15) is 4.79 Å². The summed E-state index contributed by atoms with van der Waals surface area (Å²) in [5, 5.41) is 1.97. The van der Waals surface area contributed by atoms with E-state index in [-0.39, 0.29) is 5.63 Å². The Morgan fingerprint density at radius 3 is 2.48 bits per heavy atom. The first-order chi connectivity index (χ1) is 11.2. The molecule has 4 rings (SSSR count). The first-order valence-corrected chi connectivity index (χ1v) is 7.72. The number of hydrogen-bond donors (Lipinski definition) is 0. The van der Waals surface area contributed by atoms with Crippen LogP contribution in [0.25, 0.3) is 33.3 Å². The zero-order chi connectivity index (χ0) is 16.0. The van der Waals surface area contributed by atoms with E-state index in [0.29, 0.717) is 5.58 Å². The second kappa shape index (κ2) is 5.13. The number of para-hydroxylation sites is 1. The quantitative estimate of drug-likeness (QED) is 0.485. The molecule has 0 aliphatic heterocycles. The highest BCUT2D eigenvalue weighted by Gasteiger charge is 2.16. The van der Waals surface area contributed by atoms with Crippen LogP contribution in [-0.4, -0.2) is 0 Å². The third-order valence-electron chi connectivity index (χ3n) is 4.30. The maximum absolute atomic E-state index is 12.0. The number of rotatable bonds is 2. The first kappa shape index (κ1) is 13.8. The van der Waals surface area contributed by atoms with Crippen LogP contribution in [0.2, 0.25) is 0 Å². The zero-order valence-electron chi connectivity index (χ0n) is 13.1. The van der Waals surface area contributed by atoms with Crippen molar-refractivity contribution < 1.29 is 8.83 Å². The highest BCUT2D eigenvalue weighted by Crippen LogP contribution is 2.36. The normalized spacial score (nSPS) is 11.4. The van der Waals surface area contributed by atoms with Gasteiger partial charge in [-0.15, -0.1) is 0 Å². The van der Waals surface area contributed by atoms with Gasteiger partial charge < -0.3 is 8.83 Å². The van der Waals surface area contributed by atoms with E-state index in [4.69, 9.17) is 8.83 Å². The standard InChI is InChI=1S/C20H16O3/c1-3-13-8-9-18-15(10-13)16(11-19(21)22-18)20-12(2)14-6-4-5-7-17(14)23-20/h4-11H,3H2,1-2H3. The predicted molar refractivity (Wildman–Crippen MR) is 91.8 cm³/mol. The number of aryl methyl sites for hydroxylation is 2. The molecule has 0 bridgehead atoms. The Kier molecular flexibility index (Phi) is 3.08. The van der Waals surface area contributed by atoms with Crippen molar-refractivity contribution in [1.29, 1.82) is 0 Å². The molecule has 0 aliphatic carbocycles. The molecule has 0 saturated carbocycles. The summed E-state index contributed by atoms with van der Waals surface area (Å²) in [6.07, 6.45) is 0.924. The van der Waals surface area contributed by atoms with Gasteiger partial charge in [0.2, 0.25) is 0 Å². The van der Waals surface area contributed by atoms with Gasteiger partial charge in [0, 0.05) is 28.0 Å². The summed E-state index contributed by atoms with van der Waals surface area (Å²) in [4.78, 5) is 12.0. The van der Waals surface area contributed by atoms with Crippen LogP contribution in [0.4, 0.5) is 0 Å². The summed E-state index contributed by atoms with van der Waals surface area (Å²) < 4.78 is 11.4. The van der Waals surface area contributed by atoms with Gasteiger partial charge in [0.25, 0.3) is 0 Å². The van der Waals surface area contributed by atoms with Crippen molar-refractivity contribution in [1.82, 2.24) is 0 Å². The number of furan rings is 1. The van der Waals surface area contributed by atoms with Gasteiger partial charge in [-0.05, 0) is 37.1 Å². The molecule has 2 aromatic heterocycles. The van der Waals surface area contributed by atoms with Crippen LogP contribution in [0.15, 0.2) is 62.2 Å². The molecule has 0 unspecified atom stereocenters. The van der Waals surface area contributed by atoms with E-state index < -0.39 is 0 Å². The van der Waals surface area contributed by atoms with Gasteiger partial charge in [-0.1, -0.05) is 31.2 Å². The highest BCUT2D eigenvalue weighted by molar-refractivity contribution is 5.97. The van der Waals surface area contributed by atoms with Crippen molar-refractivity contribution in [3.8, 4) is 11.3 Å². The molecule has 114 valence electrons. The van der Waals surface area contributed by atoms with Gasteiger partial charge in [-0.25, -0.2) is 4.79 Å². The van der Waals surface area contributed by atoms with Crippen LogP contribution in [0, 0.1) is 6.92 Å². The van der Waals surface area contributed by atoms with Gasteiger partial charge in [0.15, 0.2) is 0 Å². The van der Waals surface area contributed by atoms with E-state index in [0.717, 1.165) is 39.7 Å². The molecule has 0 amide bonds. The topological polar surface area (TPSA) is 43.4 Å². The van der Waals surface area contributed by atoms with Crippen molar-refractivity contribution in [3.63, 3.8) is 0 Å².